The van der Waals surface area contributed by atoms with Crippen LogP contribution in [0.5, 0.6) is 0 Å². The van der Waals surface area contributed by atoms with Crippen molar-refractivity contribution in [2.24, 2.45) is 0 Å². The Morgan fingerprint density at radius 2 is 1.91 bits per heavy atom. The van der Waals surface area contributed by atoms with E-state index in [0.717, 1.165) is 33.7 Å². The molecule has 0 N–H and O–H groups in total. The van der Waals surface area contributed by atoms with E-state index in [0.29, 0.717) is 17.8 Å². The van der Waals surface area contributed by atoms with E-state index < -0.39 is 5.97 Å². The second-order valence-corrected chi connectivity index (χ2v) is 8.54. The van der Waals surface area contributed by atoms with Crippen molar-refractivity contribution in [2.45, 2.75) is 26.4 Å². The van der Waals surface area contributed by atoms with E-state index in [2.05, 4.69) is 51.7 Å². The van der Waals surface area contributed by atoms with Crippen molar-refractivity contribution in [2.75, 3.05) is 19.1 Å². The predicted octanol–water partition coefficient (Wildman–Crippen LogP) is 4.75. The zero-order valence-corrected chi connectivity index (χ0v) is 19.6. The van der Waals surface area contributed by atoms with Gasteiger partial charge in [-0.3, -0.25) is 0 Å². The monoisotopic (exact) mass is 454 g/mol. The Hall–Kier alpha value is -4.20. The number of methoxy groups -OCH3 is 1. The minimum Gasteiger partial charge on any atom is -0.465 e. The first-order valence-corrected chi connectivity index (χ1v) is 11.2. The summed E-state index contributed by atoms with van der Waals surface area (Å²) in [6.45, 7) is 4.92. The molecular weight excluding hydrogens is 428 g/mol. The van der Waals surface area contributed by atoms with Crippen molar-refractivity contribution in [3.63, 3.8) is 0 Å². The quantitative estimate of drug-likeness (QED) is 0.345. The van der Waals surface area contributed by atoms with Crippen LogP contribution in [0.25, 0.3) is 27.9 Å². The molecular formula is C26H26N6O2. The number of fused-ring (bicyclic) bond motifs is 2. The third kappa shape index (κ3) is 3.67. The Bertz CT molecular complexity index is 1490. The highest BCUT2D eigenvalue weighted by Gasteiger charge is 2.22. The summed E-state index contributed by atoms with van der Waals surface area (Å²) >= 11 is 0. The van der Waals surface area contributed by atoms with E-state index in [9.17, 15) is 4.79 Å². The Balaban J connectivity index is 1.73. The van der Waals surface area contributed by atoms with Gasteiger partial charge in [0.05, 0.1) is 19.0 Å². The minimum absolute atomic E-state index is 0.232. The topological polar surface area (TPSA) is 77.5 Å². The lowest BCUT2D eigenvalue weighted by molar-refractivity contribution is 0.0602. The molecule has 0 bridgehead atoms. The largest absolute Gasteiger partial charge is 0.465 e. The first kappa shape index (κ1) is 21.6. The van der Waals surface area contributed by atoms with Crippen LogP contribution in [0.1, 0.15) is 35.8 Å². The smallest absolute Gasteiger partial charge is 0.343 e. The first-order valence-electron chi connectivity index (χ1n) is 11.2. The summed E-state index contributed by atoms with van der Waals surface area (Å²) in [7, 11) is 3.37. The zero-order chi connectivity index (χ0) is 23.8. The summed E-state index contributed by atoms with van der Waals surface area (Å²) < 4.78 is 8.82. The summed E-state index contributed by atoms with van der Waals surface area (Å²) in [6, 6.07) is 16.4. The van der Waals surface area contributed by atoms with Crippen LogP contribution in [0.2, 0.25) is 0 Å². The van der Waals surface area contributed by atoms with Crippen molar-refractivity contribution >= 4 is 28.5 Å². The number of carbonyl (C=O) groups is 1. The lowest BCUT2D eigenvalue weighted by Crippen LogP contribution is -2.20. The molecule has 34 heavy (non-hydrogen) atoms. The van der Waals surface area contributed by atoms with Gasteiger partial charge in [0.1, 0.15) is 17.0 Å². The normalized spacial score (nSPS) is 11.4. The van der Waals surface area contributed by atoms with E-state index in [1.807, 2.05) is 43.4 Å². The molecule has 8 heteroatoms. The van der Waals surface area contributed by atoms with Crippen LogP contribution in [-0.2, 0) is 11.3 Å². The number of esters is 1. The van der Waals surface area contributed by atoms with E-state index >= 15 is 0 Å². The first-order chi connectivity index (χ1) is 16.5. The fraction of sp³-hybridized carbons (Fsp3) is 0.231. The van der Waals surface area contributed by atoms with E-state index in [-0.39, 0.29) is 6.04 Å². The molecule has 0 unspecified atom stereocenters. The Morgan fingerprint density at radius 3 is 2.65 bits per heavy atom. The number of hydrogen-bond acceptors (Lipinski definition) is 6. The van der Waals surface area contributed by atoms with Crippen molar-refractivity contribution in [1.82, 2.24) is 24.1 Å². The van der Waals surface area contributed by atoms with Gasteiger partial charge in [0, 0.05) is 49.0 Å². The third-order valence-corrected chi connectivity index (χ3v) is 5.93. The Labute approximate surface area is 197 Å². The molecule has 8 nitrogen and oxygen atoms in total. The molecule has 172 valence electrons. The SMILES string of the molecule is COC(=O)c1cnn2c(N(C)Cc3ccccc3)cc(-c3cn(C(C)C)c4ncccc34)nc12. The molecule has 0 aliphatic carbocycles. The molecule has 0 aliphatic heterocycles. The molecule has 0 atom stereocenters. The van der Waals surface area contributed by atoms with Crippen LogP contribution in [0.4, 0.5) is 5.82 Å². The van der Waals surface area contributed by atoms with Gasteiger partial charge in [0.25, 0.3) is 0 Å². The Kier molecular flexibility index (Phi) is 5.49. The molecule has 0 aliphatic rings. The zero-order valence-electron chi connectivity index (χ0n) is 19.6. The van der Waals surface area contributed by atoms with Gasteiger partial charge in [-0.05, 0) is 31.5 Å². The summed E-state index contributed by atoms with van der Waals surface area (Å²) in [6.07, 6.45) is 5.39. The van der Waals surface area contributed by atoms with Crippen molar-refractivity contribution in [3.8, 4) is 11.3 Å². The van der Waals surface area contributed by atoms with Crippen LogP contribution in [0.3, 0.4) is 0 Å². The van der Waals surface area contributed by atoms with Crippen molar-refractivity contribution in [1.29, 1.82) is 0 Å². The number of rotatable bonds is 6. The third-order valence-electron chi connectivity index (χ3n) is 5.93. The summed E-state index contributed by atoms with van der Waals surface area (Å²) in [5.41, 5.74) is 4.53. The molecule has 4 aromatic heterocycles. The highest BCUT2D eigenvalue weighted by atomic mass is 16.5. The predicted molar refractivity (Wildman–Crippen MR) is 132 cm³/mol. The summed E-state index contributed by atoms with van der Waals surface area (Å²) in [4.78, 5) is 24.1. The maximum atomic E-state index is 12.5. The highest BCUT2D eigenvalue weighted by Crippen LogP contribution is 2.33. The molecule has 0 radical (unpaired) electrons. The average Bonchev–Trinajstić information content (AvgIpc) is 3.45. The van der Waals surface area contributed by atoms with Gasteiger partial charge >= 0.3 is 5.97 Å². The Morgan fingerprint density at radius 1 is 1.12 bits per heavy atom. The number of carbonyl (C=O) groups excluding carboxylic acids is 1. The lowest BCUT2D eigenvalue weighted by atomic mass is 10.1. The number of hydrogen-bond donors (Lipinski definition) is 0. The molecule has 0 spiro atoms. The maximum absolute atomic E-state index is 12.5. The van der Waals surface area contributed by atoms with Gasteiger partial charge in [-0.1, -0.05) is 30.3 Å². The van der Waals surface area contributed by atoms with Crippen molar-refractivity contribution in [3.05, 3.63) is 78.2 Å². The second kappa shape index (κ2) is 8.62. The van der Waals surface area contributed by atoms with E-state index in [4.69, 9.17) is 9.72 Å². The van der Waals surface area contributed by atoms with Crippen LogP contribution in [0, 0.1) is 0 Å². The van der Waals surface area contributed by atoms with Gasteiger partial charge in [0.15, 0.2) is 5.65 Å². The number of pyridine rings is 1. The van der Waals surface area contributed by atoms with Crippen LogP contribution >= 0.6 is 0 Å². The van der Waals surface area contributed by atoms with Crippen LogP contribution in [-0.4, -0.2) is 44.3 Å². The fourth-order valence-electron chi connectivity index (χ4n) is 4.23. The molecule has 1 aromatic carbocycles. The number of aromatic nitrogens is 5. The van der Waals surface area contributed by atoms with Crippen LogP contribution in [0.15, 0.2) is 67.1 Å². The summed E-state index contributed by atoms with van der Waals surface area (Å²) in [5, 5.41) is 5.48. The molecule has 0 saturated carbocycles. The molecule has 0 fully saturated rings. The second-order valence-electron chi connectivity index (χ2n) is 8.54. The highest BCUT2D eigenvalue weighted by molar-refractivity contribution is 5.98. The lowest BCUT2D eigenvalue weighted by Gasteiger charge is -2.21. The molecule has 0 amide bonds. The number of benzene rings is 1. The standard InChI is InChI=1S/C26H26N6O2/c1-17(2)31-16-21(19-11-8-12-27-24(19)31)22-13-23(30(3)15-18-9-6-5-7-10-18)32-25(29-22)20(14-28-32)26(33)34-4/h5-14,16-17H,15H2,1-4H3. The van der Waals surface area contributed by atoms with Gasteiger partial charge in [0.2, 0.25) is 0 Å². The number of anilines is 1. The molecule has 4 heterocycles. The number of ether oxygens (including phenoxy) is 1. The van der Waals surface area contributed by atoms with E-state index in [1.165, 1.54) is 13.3 Å². The maximum Gasteiger partial charge on any atom is 0.343 e. The molecule has 5 rings (SSSR count). The van der Waals surface area contributed by atoms with Gasteiger partial charge < -0.3 is 14.2 Å². The van der Waals surface area contributed by atoms with Crippen molar-refractivity contribution < 1.29 is 9.53 Å². The molecule has 5 aromatic rings. The number of nitrogens with zero attached hydrogens (tertiary/aromatic N) is 6. The van der Waals surface area contributed by atoms with E-state index in [1.54, 1.807) is 10.7 Å². The van der Waals surface area contributed by atoms with Gasteiger partial charge in [-0.2, -0.15) is 9.61 Å². The molecule has 0 saturated heterocycles. The van der Waals surface area contributed by atoms with Crippen LogP contribution < -0.4 is 4.90 Å². The van der Waals surface area contributed by atoms with Gasteiger partial charge in [-0.15, -0.1) is 0 Å². The average molecular weight is 455 g/mol. The minimum atomic E-state index is -0.470. The fourth-order valence-corrected chi connectivity index (χ4v) is 4.23. The van der Waals surface area contributed by atoms with Gasteiger partial charge in [-0.25, -0.2) is 14.8 Å². The summed E-state index contributed by atoms with van der Waals surface area (Å²) in [5.74, 6) is 0.343.